The molecule has 0 amide bonds. The quantitative estimate of drug-likeness (QED) is 0.870. The molecule has 0 unspecified atom stereocenters. The molecule has 0 aliphatic rings. The summed E-state index contributed by atoms with van der Waals surface area (Å²) in [6.07, 6.45) is 0.663. The van der Waals surface area contributed by atoms with Crippen LogP contribution in [0.25, 0.3) is 0 Å². The zero-order valence-electron chi connectivity index (χ0n) is 9.71. The molecule has 0 saturated carbocycles. The van der Waals surface area contributed by atoms with Crippen LogP contribution in [0, 0.1) is 0 Å². The average molecular weight is 340 g/mol. The van der Waals surface area contributed by atoms with Gasteiger partial charge in [0.2, 0.25) is 0 Å². The SMILES string of the molecule is O=Cc1cccc(NS(=O)(=O)c2ccccc2Br)c1. The Hall–Kier alpha value is -1.66. The molecule has 0 radical (unpaired) electrons. The van der Waals surface area contributed by atoms with Crippen molar-refractivity contribution in [2.75, 3.05) is 4.72 Å². The number of aldehydes is 1. The lowest BCUT2D eigenvalue weighted by molar-refractivity contribution is 0.112. The molecular formula is C13H10BrNO3S. The van der Waals surface area contributed by atoms with Crippen LogP contribution in [-0.4, -0.2) is 14.7 Å². The van der Waals surface area contributed by atoms with E-state index in [9.17, 15) is 13.2 Å². The summed E-state index contributed by atoms with van der Waals surface area (Å²) < 4.78 is 27.3. The first-order valence-electron chi connectivity index (χ1n) is 5.35. The molecule has 0 saturated heterocycles. The number of anilines is 1. The second-order valence-electron chi connectivity index (χ2n) is 3.78. The maximum Gasteiger partial charge on any atom is 0.263 e. The number of halogens is 1. The summed E-state index contributed by atoms with van der Waals surface area (Å²) in [6.45, 7) is 0. The van der Waals surface area contributed by atoms with Gasteiger partial charge in [-0.1, -0.05) is 24.3 Å². The van der Waals surface area contributed by atoms with E-state index in [1.807, 2.05) is 0 Å². The van der Waals surface area contributed by atoms with E-state index in [0.717, 1.165) is 0 Å². The normalized spacial score (nSPS) is 11.0. The van der Waals surface area contributed by atoms with Crippen molar-refractivity contribution in [1.82, 2.24) is 0 Å². The van der Waals surface area contributed by atoms with E-state index in [2.05, 4.69) is 20.7 Å². The first kappa shape index (κ1) is 13.8. The van der Waals surface area contributed by atoms with Gasteiger partial charge in [0.15, 0.2) is 0 Å². The molecule has 0 aromatic heterocycles. The summed E-state index contributed by atoms with van der Waals surface area (Å²) in [6, 6.07) is 12.8. The fourth-order valence-corrected chi connectivity index (χ4v) is 3.60. The standard InChI is InChI=1S/C13H10BrNO3S/c14-12-6-1-2-7-13(12)19(17,18)15-11-5-3-4-10(8-11)9-16/h1-9,15H. The molecule has 0 fully saturated rings. The van der Waals surface area contributed by atoms with Crippen molar-refractivity contribution in [1.29, 1.82) is 0 Å². The Morgan fingerprint density at radius 3 is 2.47 bits per heavy atom. The number of hydrogen-bond donors (Lipinski definition) is 1. The lowest BCUT2D eigenvalue weighted by Gasteiger charge is -2.09. The monoisotopic (exact) mass is 339 g/mol. The van der Waals surface area contributed by atoms with Gasteiger partial charge in [0.25, 0.3) is 10.0 Å². The van der Waals surface area contributed by atoms with Crippen LogP contribution in [0.3, 0.4) is 0 Å². The molecule has 0 bridgehead atoms. The Morgan fingerprint density at radius 1 is 1.05 bits per heavy atom. The summed E-state index contributed by atoms with van der Waals surface area (Å²) in [5, 5.41) is 0. The zero-order chi connectivity index (χ0) is 13.9. The minimum atomic E-state index is -3.68. The molecule has 19 heavy (non-hydrogen) atoms. The molecule has 1 N–H and O–H groups in total. The number of hydrogen-bond acceptors (Lipinski definition) is 3. The van der Waals surface area contributed by atoms with E-state index in [4.69, 9.17) is 0 Å². The molecule has 4 nitrogen and oxygen atoms in total. The Bertz CT molecular complexity index is 713. The maximum absolute atomic E-state index is 12.2. The van der Waals surface area contributed by atoms with E-state index in [1.165, 1.54) is 12.1 Å². The van der Waals surface area contributed by atoms with Crippen molar-refractivity contribution in [2.24, 2.45) is 0 Å². The minimum absolute atomic E-state index is 0.145. The molecule has 0 spiro atoms. The zero-order valence-corrected chi connectivity index (χ0v) is 12.1. The van der Waals surface area contributed by atoms with Gasteiger partial charge in [-0.15, -0.1) is 0 Å². The van der Waals surface area contributed by atoms with E-state index in [0.29, 0.717) is 22.0 Å². The summed E-state index contributed by atoms with van der Waals surface area (Å²) >= 11 is 3.20. The molecule has 2 rings (SSSR count). The minimum Gasteiger partial charge on any atom is -0.298 e. The lowest BCUT2D eigenvalue weighted by Crippen LogP contribution is -2.13. The fourth-order valence-electron chi connectivity index (χ4n) is 1.55. The maximum atomic E-state index is 12.2. The first-order chi connectivity index (χ1) is 9.03. The van der Waals surface area contributed by atoms with Gasteiger partial charge in [-0.2, -0.15) is 0 Å². The van der Waals surface area contributed by atoms with Crippen molar-refractivity contribution in [3.8, 4) is 0 Å². The van der Waals surface area contributed by atoms with Crippen LogP contribution in [0.1, 0.15) is 10.4 Å². The van der Waals surface area contributed by atoms with Crippen LogP contribution >= 0.6 is 15.9 Å². The van der Waals surface area contributed by atoms with Gasteiger partial charge in [-0.25, -0.2) is 8.42 Å². The lowest BCUT2D eigenvalue weighted by atomic mass is 10.2. The van der Waals surface area contributed by atoms with Crippen LogP contribution in [-0.2, 0) is 10.0 Å². The van der Waals surface area contributed by atoms with E-state index in [1.54, 1.807) is 36.4 Å². The van der Waals surface area contributed by atoms with Gasteiger partial charge in [0, 0.05) is 15.7 Å². The topological polar surface area (TPSA) is 63.2 Å². The molecule has 0 heterocycles. The summed E-state index contributed by atoms with van der Waals surface area (Å²) in [5.74, 6) is 0. The average Bonchev–Trinajstić information content (AvgIpc) is 2.38. The summed E-state index contributed by atoms with van der Waals surface area (Å²) in [5.41, 5.74) is 0.757. The number of sulfonamides is 1. The highest BCUT2D eigenvalue weighted by atomic mass is 79.9. The Morgan fingerprint density at radius 2 is 1.79 bits per heavy atom. The van der Waals surface area contributed by atoms with Crippen molar-refractivity contribution in [2.45, 2.75) is 4.90 Å². The smallest absolute Gasteiger partial charge is 0.263 e. The van der Waals surface area contributed by atoms with Crippen LogP contribution < -0.4 is 4.72 Å². The number of carbonyl (C=O) groups excluding carboxylic acids is 1. The molecule has 2 aromatic rings. The van der Waals surface area contributed by atoms with E-state index >= 15 is 0 Å². The molecule has 0 atom stereocenters. The first-order valence-corrected chi connectivity index (χ1v) is 7.63. The Balaban J connectivity index is 2.36. The fraction of sp³-hybridized carbons (Fsp3) is 0. The molecular weight excluding hydrogens is 330 g/mol. The number of benzene rings is 2. The van der Waals surface area contributed by atoms with Crippen molar-refractivity contribution in [3.63, 3.8) is 0 Å². The van der Waals surface area contributed by atoms with Gasteiger partial charge in [-0.3, -0.25) is 9.52 Å². The molecule has 6 heteroatoms. The Labute approximate surface area is 119 Å². The molecule has 2 aromatic carbocycles. The Kier molecular flexibility index (Phi) is 4.01. The van der Waals surface area contributed by atoms with Crippen molar-refractivity contribution in [3.05, 3.63) is 58.6 Å². The van der Waals surface area contributed by atoms with Gasteiger partial charge >= 0.3 is 0 Å². The number of carbonyl (C=O) groups is 1. The van der Waals surface area contributed by atoms with Crippen molar-refractivity contribution < 1.29 is 13.2 Å². The van der Waals surface area contributed by atoms with Crippen LogP contribution in [0.5, 0.6) is 0 Å². The summed E-state index contributed by atoms with van der Waals surface area (Å²) in [7, 11) is -3.68. The molecule has 0 aliphatic heterocycles. The van der Waals surface area contributed by atoms with Gasteiger partial charge in [-0.05, 0) is 40.2 Å². The highest BCUT2D eigenvalue weighted by Crippen LogP contribution is 2.23. The van der Waals surface area contributed by atoms with Crippen LogP contribution in [0.15, 0.2) is 57.9 Å². The van der Waals surface area contributed by atoms with Crippen LogP contribution in [0.2, 0.25) is 0 Å². The third-order valence-electron chi connectivity index (χ3n) is 2.40. The third kappa shape index (κ3) is 3.21. The largest absolute Gasteiger partial charge is 0.298 e. The highest BCUT2D eigenvalue weighted by molar-refractivity contribution is 9.10. The van der Waals surface area contributed by atoms with Gasteiger partial charge < -0.3 is 0 Å². The highest BCUT2D eigenvalue weighted by Gasteiger charge is 2.17. The van der Waals surface area contributed by atoms with Crippen molar-refractivity contribution >= 4 is 37.9 Å². The third-order valence-corrected chi connectivity index (χ3v) is 4.79. The predicted molar refractivity (Wildman–Crippen MR) is 76.8 cm³/mol. The van der Waals surface area contributed by atoms with Crippen LogP contribution in [0.4, 0.5) is 5.69 Å². The van der Waals surface area contributed by atoms with E-state index < -0.39 is 10.0 Å². The molecule has 0 aliphatic carbocycles. The molecule has 98 valence electrons. The number of rotatable bonds is 4. The second kappa shape index (κ2) is 5.54. The predicted octanol–water partition coefficient (Wildman–Crippen LogP) is 3.06. The second-order valence-corrected chi connectivity index (χ2v) is 6.28. The van der Waals surface area contributed by atoms with E-state index in [-0.39, 0.29) is 4.90 Å². The summed E-state index contributed by atoms with van der Waals surface area (Å²) in [4.78, 5) is 10.8. The van der Waals surface area contributed by atoms with Gasteiger partial charge in [0.1, 0.15) is 11.2 Å². The number of nitrogens with one attached hydrogen (secondary N) is 1. The van der Waals surface area contributed by atoms with Gasteiger partial charge in [0.05, 0.1) is 0 Å².